The van der Waals surface area contributed by atoms with Crippen LogP contribution in [0.5, 0.6) is 0 Å². The highest BCUT2D eigenvalue weighted by Gasteiger charge is 2.53. The second-order valence-electron chi connectivity index (χ2n) is 6.47. The SMILES string of the molecule is FC1CC2(C1)CN(c1ccc3c(n1)[nH]c1ccncc13)C2. The molecular formula is C16H15FN4. The maximum Gasteiger partial charge on any atom is 0.140 e. The van der Waals surface area contributed by atoms with E-state index in [1.807, 2.05) is 12.3 Å². The lowest BCUT2D eigenvalue weighted by atomic mass is 9.62. The fraction of sp³-hybridized carbons (Fsp3) is 0.375. The van der Waals surface area contributed by atoms with E-state index in [1.54, 1.807) is 6.20 Å². The lowest BCUT2D eigenvalue weighted by molar-refractivity contribution is 0.000471. The van der Waals surface area contributed by atoms with Crippen LogP contribution in [0.3, 0.4) is 0 Å². The van der Waals surface area contributed by atoms with Crippen LogP contribution in [0.25, 0.3) is 21.9 Å². The van der Waals surface area contributed by atoms with E-state index < -0.39 is 6.17 Å². The Morgan fingerprint density at radius 1 is 1.19 bits per heavy atom. The summed E-state index contributed by atoms with van der Waals surface area (Å²) in [6, 6.07) is 6.12. The van der Waals surface area contributed by atoms with E-state index in [9.17, 15) is 4.39 Å². The van der Waals surface area contributed by atoms with Gasteiger partial charge in [-0.05, 0) is 31.0 Å². The molecule has 0 bridgehead atoms. The van der Waals surface area contributed by atoms with E-state index >= 15 is 0 Å². The maximum atomic E-state index is 13.0. The molecule has 3 aromatic rings. The number of nitrogens with zero attached hydrogens (tertiary/aromatic N) is 3. The van der Waals surface area contributed by atoms with Crippen LogP contribution in [0.2, 0.25) is 0 Å². The number of rotatable bonds is 1. The third-order valence-corrected chi connectivity index (χ3v) is 4.93. The lowest BCUT2D eigenvalue weighted by Gasteiger charge is -2.57. The molecule has 0 amide bonds. The normalized spacial score (nSPS) is 20.9. The summed E-state index contributed by atoms with van der Waals surface area (Å²) in [7, 11) is 0. The molecule has 0 unspecified atom stereocenters. The average Bonchev–Trinajstić information content (AvgIpc) is 2.78. The van der Waals surface area contributed by atoms with Gasteiger partial charge in [-0.2, -0.15) is 0 Å². The predicted octanol–water partition coefficient (Wildman–Crippen LogP) is 3.05. The molecule has 106 valence electrons. The van der Waals surface area contributed by atoms with Crippen LogP contribution in [0, 0.1) is 5.41 Å². The summed E-state index contributed by atoms with van der Waals surface area (Å²) in [5, 5.41) is 2.20. The molecule has 2 fully saturated rings. The lowest BCUT2D eigenvalue weighted by Crippen LogP contribution is -2.63. The molecule has 0 radical (unpaired) electrons. The fourth-order valence-corrected chi connectivity index (χ4v) is 3.85. The molecular weight excluding hydrogens is 267 g/mol. The number of aromatic amines is 1. The van der Waals surface area contributed by atoms with Crippen LogP contribution < -0.4 is 4.90 Å². The van der Waals surface area contributed by atoms with Gasteiger partial charge in [0.2, 0.25) is 0 Å². The molecule has 3 aromatic heterocycles. The van der Waals surface area contributed by atoms with Gasteiger partial charge in [-0.15, -0.1) is 0 Å². The van der Waals surface area contributed by atoms with Crippen LogP contribution in [-0.4, -0.2) is 34.2 Å². The van der Waals surface area contributed by atoms with Gasteiger partial charge in [-0.1, -0.05) is 0 Å². The van der Waals surface area contributed by atoms with Crippen LogP contribution in [0.1, 0.15) is 12.8 Å². The number of H-pyrrole nitrogens is 1. The molecule has 0 aromatic carbocycles. The zero-order valence-corrected chi connectivity index (χ0v) is 11.5. The highest BCUT2D eigenvalue weighted by molar-refractivity contribution is 6.05. The van der Waals surface area contributed by atoms with E-state index in [1.165, 1.54) is 0 Å². The van der Waals surface area contributed by atoms with Gasteiger partial charge in [0.15, 0.2) is 0 Å². The number of aromatic nitrogens is 3. The number of pyridine rings is 2. The minimum Gasteiger partial charge on any atom is -0.355 e. The van der Waals surface area contributed by atoms with Crippen molar-refractivity contribution in [1.29, 1.82) is 0 Å². The van der Waals surface area contributed by atoms with Crippen molar-refractivity contribution in [2.45, 2.75) is 19.0 Å². The molecule has 5 heteroatoms. The minimum absolute atomic E-state index is 0.237. The first-order chi connectivity index (χ1) is 10.2. The molecule has 4 heterocycles. The zero-order chi connectivity index (χ0) is 14.0. The van der Waals surface area contributed by atoms with E-state index in [0.717, 1.165) is 53.7 Å². The van der Waals surface area contributed by atoms with Crippen molar-refractivity contribution in [3.8, 4) is 0 Å². The zero-order valence-electron chi connectivity index (χ0n) is 11.5. The van der Waals surface area contributed by atoms with Crippen molar-refractivity contribution < 1.29 is 4.39 Å². The molecule has 1 aliphatic heterocycles. The molecule has 1 saturated carbocycles. The Hall–Kier alpha value is -2.17. The average molecular weight is 282 g/mol. The first-order valence-corrected chi connectivity index (χ1v) is 7.34. The molecule has 5 rings (SSSR count). The van der Waals surface area contributed by atoms with Gasteiger partial charge < -0.3 is 9.88 Å². The number of alkyl halides is 1. The van der Waals surface area contributed by atoms with Crippen molar-refractivity contribution in [1.82, 2.24) is 15.0 Å². The Kier molecular flexibility index (Phi) is 2.04. The van der Waals surface area contributed by atoms with E-state index in [-0.39, 0.29) is 5.41 Å². The predicted molar refractivity (Wildman–Crippen MR) is 80.2 cm³/mol. The van der Waals surface area contributed by atoms with Crippen molar-refractivity contribution in [2.75, 3.05) is 18.0 Å². The fourth-order valence-electron chi connectivity index (χ4n) is 3.85. The summed E-state index contributed by atoms with van der Waals surface area (Å²) in [5.74, 6) is 0.981. The molecule has 21 heavy (non-hydrogen) atoms. The van der Waals surface area contributed by atoms with Crippen LogP contribution >= 0.6 is 0 Å². The third-order valence-electron chi connectivity index (χ3n) is 4.93. The monoisotopic (exact) mass is 282 g/mol. The Bertz CT molecular complexity index is 842. The number of fused-ring (bicyclic) bond motifs is 3. The van der Waals surface area contributed by atoms with Gasteiger partial charge in [0.1, 0.15) is 17.6 Å². The number of nitrogens with one attached hydrogen (secondary N) is 1. The van der Waals surface area contributed by atoms with Gasteiger partial charge >= 0.3 is 0 Å². The van der Waals surface area contributed by atoms with Gasteiger partial charge in [0.05, 0.1) is 5.52 Å². The Morgan fingerprint density at radius 2 is 2.05 bits per heavy atom. The molecule has 2 aliphatic rings. The number of hydrogen-bond donors (Lipinski definition) is 1. The molecule has 1 aliphatic carbocycles. The standard InChI is InChI=1S/C16H15FN4/c17-10-5-16(6-10)8-21(9-16)14-2-1-11-12-7-18-4-3-13(12)19-15(11)20-14/h1-4,7,10H,5-6,8-9H2,(H,19,20). The summed E-state index contributed by atoms with van der Waals surface area (Å²) in [5.41, 5.74) is 2.19. The second-order valence-corrected chi connectivity index (χ2v) is 6.47. The topological polar surface area (TPSA) is 44.8 Å². The number of hydrogen-bond acceptors (Lipinski definition) is 3. The molecule has 4 nitrogen and oxygen atoms in total. The van der Waals surface area contributed by atoms with E-state index in [0.29, 0.717) is 0 Å². The second kappa shape index (κ2) is 3.72. The molecule has 1 N–H and O–H groups in total. The van der Waals surface area contributed by atoms with Crippen molar-refractivity contribution >= 4 is 27.8 Å². The smallest absolute Gasteiger partial charge is 0.140 e. The third kappa shape index (κ3) is 1.54. The van der Waals surface area contributed by atoms with Crippen molar-refractivity contribution in [3.63, 3.8) is 0 Å². The summed E-state index contributed by atoms with van der Waals surface area (Å²) >= 11 is 0. The van der Waals surface area contributed by atoms with Crippen LogP contribution in [-0.2, 0) is 0 Å². The van der Waals surface area contributed by atoms with Gasteiger partial charge in [-0.3, -0.25) is 4.98 Å². The maximum absolute atomic E-state index is 13.0. The van der Waals surface area contributed by atoms with Gasteiger partial charge in [0, 0.05) is 41.7 Å². The summed E-state index contributed by atoms with van der Waals surface area (Å²) in [6.07, 6.45) is 4.52. The largest absolute Gasteiger partial charge is 0.355 e. The van der Waals surface area contributed by atoms with E-state index in [4.69, 9.17) is 4.98 Å². The van der Waals surface area contributed by atoms with Crippen molar-refractivity contribution in [2.24, 2.45) is 5.41 Å². The number of anilines is 1. The summed E-state index contributed by atoms with van der Waals surface area (Å²) in [6.45, 7) is 1.88. The van der Waals surface area contributed by atoms with Crippen LogP contribution in [0.15, 0.2) is 30.6 Å². The Balaban J connectivity index is 1.50. The first-order valence-electron chi connectivity index (χ1n) is 7.34. The highest BCUT2D eigenvalue weighted by Crippen LogP contribution is 2.50. The van der Waals surface area contributed by atoms with Crippen molar-refractivity contribution in [3.05, 3.63) is 30.6 Å². The Labute approximate surface area is 121 Å². The number of halogens is 1. The quantitative estimate of drug-likeness (QED) is 0.746. The summed E-state index contributed by atoms with van der Waals surface area (Å²) in [4.78, 5) is 14.5. The molecule has 0 atom stereocenters. The van der Waals surface area contributed by atoms with E-state index in [2.05, 4.69) is 27.0 Å². The highest BCUT2D eigenvalue weighted by atomic mass is 19.1. The summed E-state index contributed by atoms with van der Waals surface area (Å²) < 4.78 is 13.0. The van der Waals surface area contributed by atoms with Gasteiger partial charge in [0.25, 0.3) is 0 Å². The first kappa shape index (κ1) is 11.5. The Morgan fingerprint density at radius 3 is 2.86 bits per heavy atom. The minimum atomic E-state index is -0.580. The molecule has 1 spiro atoms. The van der Waals surface area contributed by atoms with Gasteiger partial charge in [-0.25, -0.2) is 9.37 Å². The molecule has 1 saturated heterocycles. The van der Waals surface area contributed by atoms with Crippen LogP contribution in [0.4, 0.5) is 10.2 Å².